The van der Waals surface area contributed by atoms with E-state index in [1.54, 1.807) is 0 Å². The van der Waals surface area contributed by atoms with Crippen LogP contribution in [0.2, 0.25) is 0 Å². The summed E-state index contributed by atoms with van der Waals surface area (Å²) in [7, 11) is 0. The largest absolute Gasteiger partial charge is 0.421 e. The predicted molar refractivity (Wildman–Crippen MR) is 60.4 cm³/mol. The van der Waals surface area contributed by atoms with E-state index >= 15 is 0 Å². The molecule has 0 spiro atoms. The number of halogens is 5. The van der Waals surface area contributed by atoms with Crippen molar-refractivity contribution < 1.29 is 22.3 Å². The minimum absolute atomic E-state index is 0.0521. The number of para-hydroxylation sites is 1. The van der Waals surface area contributed by atoms with Crippen molar-refractivity contribution in [1.82, 2.24) is 14.8 Å². The molecule has 0 bridgehead atoms. The minimum atomic E-state index is -3.93. The highest BCUT2D eigenvalue weighted by Crippen LogP contribution is 2.30. The van der Waals surface area contributed by atoms with E-state index in [2.05, 4.69) is 26.0 Å². The van der Waals surface area contributed by atoms with Gasteiger partial charge in [0.2, 0.25) is 4.73 Å². The molecule has 0 N–H and O–H groups in total. The van der Waals surface area contributed by atoms with Crippen molar-refractivity contribution >= 4 is 15.9 Å². The molecule has 1 aromatic heterocycles. The van der Waals surface area contributed by atoms with Crippen molar-refractivity contribution in [3.63, 3.8) is 0 Å². The van der Waals surface area contributed by atoms with Gasteiger partial charge in [-0.05, 0) is 28.1 Å². The van der Waals surface area contributed by atoms with Crippen LogP contribution in [-0.4, -0.2) is 21.4 Å². The summed E-state index contributed by atoms with van der Waals surface area (Å²) >= 11 is 2.76. The Balaban J connectivity index is 2.39. The first-order chi connectivity index (χ1) is 8.94. The van der Waals surface area contributed by atoms with Crippen LogP contribution in [0.1, 0.15) is 0 Å². The summed E-state index contributed by atoms with van der Waals surface area (Å²) in [5, 5.41) is 3.26. The van der Waals surface area contributed by atoms with Gasteiger partial charge in [0, 0.05) is 0 Å². The summed E-state index contributed by atoms with van der Waals surface area (Å²) in [6, 6.07) is 0.494. The normalized spacial score (nSPS) is 11.6. The van der Waals surface area contributed by atoms with Gasteiger partial charge < -0.3 is 4.74 Å². The molecule has 0 fully saturated rings. The van der Waals surface area contributed by atoms with Gasteiger partial charge in [-0.1, -0.05) is 12.1 Å². The molecule has 0 radical (unpaired) electrons. The van der Waals surface area contributed by atoms with Gasteiger partial charge in [0.05, 0.1) is 0 Å². The standard InChI is InChI=1S/C10H6BrF4N3O/c11-8-16-9(18(17-8)10(14,15)5-12)19-7-4-2-1-3-6(7)13/h1-4H,5H2. The van der Waals surface area contributed by atoms with E-state index in [0.717, 1.165) is 6.07 Å². The Morgan fingerprint density at radius 3 is 2.63 bits per heavy atom. The highest BCUT2D eigenvalue weighted by atomic mass is 79.9. The zero-order valence-electron chi connectivity index (χ0n) is 9.16. The Morgan fingerprint density at radius 1 is 1.32 bits per heavy atom. The Kier molecular flexibility index (Phi) is 3.74. The van der Waals surface area contributed by atoms with Crippen molar-refractivity contribution in [1.29, 1.82) is 0 Å². The highest BCUT2D eigenvalue weighted by Gasteiger charge is 2.37. The van der Waals surface area contributed by atoms with Crippen LogP contribution in [0.5, 0.6) is 11.8 Å². The molecule has 0 aliphatic heterocycles. The summed E-state index contributed by atoms with van der Waals surface area (Å²) in [6.07, 6.45) is 0. The van der Waals surface area contributed by atoms with E-state index in [1.807, 2.05) is 0 Å². The molecule has 0 unspecified atom stereocenters. The molecule has 1 heterocycles. The monoisotopic (exact) mass is 339 g/mol. The second-order valence-electron chi connectivity index (χ2n) is 3.41. The summed E-state index contributed by atoms with van der Waals surface area (Å²) in [6.45, 7) is -1.99. The fraction of sp³-hybridized carbons (Fsp3) is 0.200. The number of nitrogens with zero attached hydrogens (tertiary/aromatic N) is 3. The first-order valence-corrected chi connectivity index (χ1v) is 5.72. The molecule has 0 saturated carbocycles. The molecule has 19 heavy (non-hydrogen) atoms. The molecule has 0 aliphatic rings. The fourth-order valence-corrected chi connectivity index (χ4v) is 1.55. The maximum absolute atomic E-state index is 13.3. The summed E-state index contributed by atoms with van der Waals surface area (Å²) in [4.78, 5) is 3.49. The smallest absolute Gasteiger partial charge is 0.375 e. The van der Waals surface area contributed by atoms with Gasteiger partial charge in [0.15, 0.2) is 18.2 Å². The van der Waals surface area contributed by atoms with Crippen molar-refractivity contribution in [2.45, 2.75) is 6.05 Å². The second-order valence-corrected chi connectivity index (χ2v) is 4.12. The van der Waals surface area contributed by atoms with Gasteiger partial charge in [0.25, 0.3) is 0 Å². The van der Waals surface area contributed by atoms with E-state index in [0.29, 0.717) is 0 Å². The lowest BCUT2D eigenvalue weighted by Crippen LogP contribution is -2.27. The highest BCUT2D eigenvalue weighted by molar-refractivity contribution is 9.10. The summed E-state index contributed by atoms with van der Waals surface area (Å²) < 4.78 is 56.7. The van der Waals surface area contributed by atoms with Crippen LogP contribution in [-0.2, 0) is 6.05 Å². The van der Waals surface area contributed by atoms with Crippen LogP contribution in [0.3, 0.4) is 0 Å². The molecule has 2 aromatic rings. The first-order valence-electron chi connectivity index (χ1n) is 4.93. The van der Waals surface area contributed by atoms with Gasteiger partial charge in [-0.3, -0.25) is 0 Å². The van der Waals surface area contributed by atoms with E-state index < -0.39 is 24.5 Å². The molecular formula is C10H6BrF4N3O. The third kappa shape index (κ3) is 2.86. The lowest BCUT2D eigenvalue weighted by atomic mass is 10.3. The topological polar surface area (TPSA) is 39.9 Å². The van der Waals surface area contributed by atoms with E-state index in [1.165, 1.54) is 18.2 Å². The van der Waals surface area contributed by atoms with Gasteiger partial charge >= 0.3 is 12.1 Å². The zero-order chi connectivity index (χ0) is 14.0. The fourth-order valence-electron chi connectivity index (χ4n) is 1.24. The number of alkyl halides is 3. The van der Waals surface area contributed by atoms with Crippen molar-refractivity contribution in [3.05, 3.63) is 34.8 Å². The van der Waals surface area contributed by atoms with Crippen LogP contribution in [0.15, 0.2) is 29.0 Å². The second kappa shape index (κ2) is 5.16. The molecular weight excluding hydrogens is 334 g/mol. The number of hydrogen-bond acceptors (Lipinski definition) is 3. The van der Waals surface area contributed by atoms with Gasteiger partial charge in [0.1, 0.15) is 0 Å². The van der Waals surface area contributed by atoms with Crippen LogP contribution in [0.4, 0.5) is 17.6 Å². The Labute approximate surface area is 113 Å². The number of rotatable bonds is 4. The molecule has 0 saturated heterocycles. The maximum Gasteiger partial charge on any atom is 0.375 e. The predicted octanol–water partition coefficient (Wildman–Crippen LogP) is 3.49. The number of benzene rings is 1. The van der Waals surface area contributed by atoms with Gasteiger partial charge in [-0.2, -0.15) is 13.8 Å². The average molecular weight is 340 g/mol. The minimum Gasteiger partial charge on any atom is -0.421 e. The number of hydrogen-bond donors (Lipinski definition) is 0. The molecule has 102 valence electrons. The Bertz CT molecular complexity index is 590. The van der Waals surface area contributed by atoms with Gasteiger partial charge in [-0.15, -0.1) is 9.78 Å². The first kappa shape index (κ1) is 13.8. The molecule has 2 rings (SSSR count). The van der Waals surface area contributed by atoms with Crippen LogP contribution < -0.4 is 4.74 Å². The van der Waals surface area contributed by atoms with Gasteiger partial charge in [-0.25, -0.2) is 8.78 Å². The molecule has 4 nitrogen and oxygen atoms in total. The maximum atomic E-state index is 13.3. The van der Waals surface area contributed by atoms with Crippen LogP contribution >= 0.6 is 15.9 Å². The lowest BCUT2D eigenvalue weighted by Gasteiger charge is -2.14. The van der Waals surface area contributed by atoms with E-state index in [4.69, 9.17) is 4.74 Å². The third-order valence-electron chi connectivity index (χ3n) is 2.06. The summed E-state index contributed by atoms with van der Waals surface area (Å²) in [5.74, 6) is -1.09. The molecule has 1 aromatic carbocycles. The van der Waals surface area contributed by atoms with Crippen molar-refractivity contribution in [2.24, 2.45) is 0 Å². The van der Waals surface area contributed by atoms with Crippen LogP contribution in [0.25, 0.3) is 0 Å². The number of aromatic nitrogens is 3. The Hall–Kier alpha value is -1.64. The van der Waals surface area contributed by atoms with Crippen LogP contribution in [0, 0.1) is 5.82 Å². The summed E-state index contributed by atoms with van der Waals surface area (Å²) in [5.41, 5.74) is 0. The molecule has 0 atom stereocenters. The molecule has 0 amide bonds. The average Bonchev–Trinajstić information content (AvgIpc) is 2.74. The quantitative estimate of drug-likeness (QED) is 0.800. The SMILES string of the molecule is FCC(F)(F)n1nc(Br)nc1Oc1ccccc1F. The lowest BCUT2D eigenvalue weighted by molar-refractivity contribution is -0.113. The van der Waals surface area contributed by atoms with Crippen molar-refractivity contribution in [3.8, 4) is 11.8 Å². The third-order valence-corrected chi connectivity index (χ3v) is 2.40. The van der Waals surface area contributed by atoms with E-state index in [9.17, 15) is 17.6 Å². The zero-order valence-corrected chi connectivity index (χ0v) is 10.7. The Morgan fingerprint density at radius 2 is 2.00 bits per heavy atom. The van der Waals surface area contributed by atoms with E-state index in [-0.39, 0.29) is 15.2 Å². The molecule has 9 heteroatoms. The van der Waals surface area contributed by atoms with Crippen molar-refractivity contribution in [2.75, 3.05) is 6.67 Å². The number of ether oxygens (including phenoxy) is 1. The molecule has 0 aliphatic carbocycles.